The highest BCUT2D eigenvalue weighted by molar-refractivity contribution is 5.82. The molecule has 0 aliphatic heterocycles. The summed E-state index contributed by atoms with van der Waals surface area (Å²) in [6, 6.07) is 0. The number of carbonyl (C=O) groups excluding carboxylic acids is 2. The average Bonchev–Trinajstić information content (AvgIpc) is 2.96. The van der Waals surface area contributed by atoms with E-state index in [0.29, 0.717) is 12.3 Å². The molecule has 5 aliphatic carbocycles. The van der Waals surface area contributed by atoms with E-state index in [1.54, 1.807) is 6.92 Å². The van der Waals surface area contributed by atoms with Crippen molar-refractivity contribution in [3.8, 4) is 0 Å². The molecule has 5 aliphatic rings. The zero-order valence-electron chi connectivity index (χ0n) is 29.7. The van der Waals surface area contributed by atoms with Crippen LogP contribution >= 0.6 is 0 Å². The lowest BCUT2D eigenvalue weighted by molar-refractivity contribution is -0.291. The predicted octanol–water partition coefficient (Wildman–Crippen LogP) is 4.31. The Balaban J connectivity index is 1.58. The van der Waals surface area contributed by atoms with Gasteiger partial charge in [0.25, 0.3) is 0 Å². The normalized spacial score (nSPS) is 48.7. The second-order valence-corrected chi connectivity index (χ2v) is 17.9. The van der Waals surface area contributed by atoms with Crippen LogP contribution in [0.5, 0.6) is 0 Å². The van der Waals surface area contributed by atoms with E-state index in [0.717, 1.165) is 37.7 Å². The molecule has 46 heavy (non-hydrogen) atoms. The Kier molecular flexibility index (Phi) is 8.55. The van der Waals surface area contributed by atoms with Crippen LogP contribution in [0.2, 0.25) is 0 Å². The van der Waals surface area contributed by atoms with Gasteiger partial charge in [-0.3, -0.25) is 4.79 Å². The maximum atomic E-state index is 13.5. The van der Waals surface area contributed by atoms with Crippen molar-refractivity contribution in [2.45, 2.75) is 150 Å². The van der Waals surface area contributed by atoms with Gasteiger partial charge in [0.2, 0.25) is 5.60 Å². The van der Waals surface area contributed by atoms with E-state index in [4.69, 9.17) is 9.47 Å². The summed E-state index contributed by atoms with van der Waals surface area (Å²) in [5.41, 5.74) is -4.53. The molecule has 9 nitrogen and oxygen atoms in total. The summed E-state index contributed by atoms with van der Waals surface area (Å²) in [7, 11) is 0. The van der Waals surface area contributed by atoms with Gasteiger partial charge >= 0.3 is 11.9 Å². The number of fused-ring (bicyclic) bond motifs is 7. The van der Waals surface area contributed by atoms with Crippen molar-refractivity contribution in [2.75, 3.05) is 6.61 Å². The van der Waals surface area contributed by atoms with Crippen molar-refractivity contribution in [3.63, 3.8) is 0 Å². The van der Waals surface area contributed by atoms with Crippen LogP contribution in [0.25, 0.3) is 0 Å². The molecule has 0 saturated heterocycles. The molecule has 0 aromatic rings. The van der Waals surface area contributed by atoms with Gasteiger partial charge in [-0.1, -0.05) is 67.0 Å². The number of ether oxygens (including phenoxy) is 2. The number of hydrogen-bond donors (Lipinski definition) is 5. The number of aliphatic hydroxyl groups is 5. The molecule has 5 rings (SSSR count). The number of allylic oxidation sites excluding steroid dienone is 1. The minimum Gasteiger partial charge on any atom is -0.456 e. The SMILES string of the molecule is CCC(C)(OC(C)=O)C(=O)OC1C(O)C2(CO)C(CC1(C)C)C1=CCC3C4(C)CCC(O)C(C)(C)C4CCC3(C)C1(C)C(O)C2O. The monoisotopic (exact) mass is 648 g/mol. The van der Waals surface area contributed by atoms with Crippen LogP contribution < -0.4 is 0 Å². The number of hydrogen-bond acceptors (Lipinski definition) is 9. The highest BCUT2D eigenvalue weighted by Gasteiger charge is 2.75. The quantitative estimate of drug-likeness (QED) is 0.217. The molecular formula is C37H60O9. The molecule has 0 spiro atoms. The standard InChI is InChI=1S/C37H60O9/c1-11-35(9,46-20(2)39)30(44)45-29-28(43)37(19-38)22(18-31(29,3)4)21-12-13-24-33(7)16-15-25(40)32(5,6)23(33)14-17-34(24,8)36(21,10)26(41)27(37)42/h12,22-29,38,40-43H,11,13-19H2,1-10H3. The second kappa shape index (κ2) is 11.0. The minimum absolute atomic E-state index is 0.0739. The zero-order valence-corrected chi connectivity index (χ0v) is 29.7. The van der Waals surface area contributed by atoms with E-state index in [2.05, 4.69) is 40.7 Å². The molecule has 13 atom stereocenters. The Hall–Kier alpha value is -1.52. The number of esters is 2. The average molecular weight is 649 g/mol. The number of carbonyl (C=O) groups is 2. The maximum absolute atomic E-state index is 13.5. The largest absolute Gasteiger partial charge is 0.456 e. The predicted molar refractivity (Wildman–Crippen MR) is 172 cm³/mol. The van der Waals surface area contributed by atoms with Crippen molar-refractivity contribution in [2.24, 2.45) is 50.2 Å². The summed E-state index contributed by atoms with van der Waals surface area (Å²) in [5.74, 6) is -1.41. The fourth-order valence-corrected chi connectivity index (χ4v) is 12.0. The minimum atomic E-state index is -1.59. The van der Waals surface area contributed by atoms with Crippen LogP contribution in [0, 0.1) is 50.2 Å². The molecule has 262 valence electrons. The molecule has 0 aromatic carbocycles. The van der Waals surface area contributed by atoms with Gasteiger partial charge in [-0.2, -0.15) is 0 Å². The Morgan fingerprint density at radius 3 is 2.13 bits per heavy atom. The molecule has 4 saturated carbocycles. The lowest BCUT2D eigenvalue weighted by Gasteiger charge is -2.73. The Labute approximate surface area is 275 Å². The third-order valence-corrected chi connectivity index (χ3v) is 15.2. The molecule has 0 bridgehead atoms. The van der Waals surface area contributed by atoms with E-state index in [1.165, 1.54) is 13.8 Å². The molecule has 4 fully saturated rings. The Morgan fingerprint density at radius 2 is 1.57 bits per heavy atom. The van der Waals surface area contributed by atoms with Gasteiger partial charge in [0.05, 0.1) is 30.3 Å². The first kappa shape index (κ1) is 35.8. The lowest BCUT2D eigenvalue weighted by atomic mass is 9.32. The fourth-order valence-electron chi connectivity index (χ4n) is 12.0. The molecule has 9 heteroatoms. The Morgan fingerprint density at radius 1 is 0.935 bits per heavy atom. The summed E-state index contributed by atoms with van der Waals surface area (Å²) < 4.78 is 11.3. The van der Waals surface area contributed by atoms with Gasteiger partial charge < -0.3 is 35.0 Å². The van der Waals surface area contributed by atoms with Crippen LogP contribution in [0.3, 0.4) is 0 Å². The number of aliphatic hydroxyl groups excluding tert-OH is 5. The fraction of sp³-hybridized carbons (Fsp3) is 0.892. The highest BCUT2D eigenvalue weighted by Crippen LogP contribution is 2.75. The van der Waals surface area contributed by atoms with E-state index in [-0.39, 0.29) is 29.3 Å². The summed E-state index contributed by atoms with van der Waals surface area (Å²) in [6.45, 7) is 18.7. The molecule has 0 amide bonds. The van der Waals surface area contributed by atoms with Gasteiger partial charge in [-0.15, -0.1) is 0 Å². The van der Waals surface area contributed by atoms with Crippen LogP contribution in [-0.4, -0.2) is 80.2 Å². The first-order valence-electron chi connectivity index (χ1n) is 17.5. The third kappa shape index (κ3) is 4.43. The first-order chi connectivity index (χ1) is 21.1. The van der Waals surface area contributed by atoms with Crippen molar-refractivity contribution < 1.29 is 44.6 Å². The second-order valence-electron chi connectivity index (χ2n) is 17.9. The van der Waals surface area contributed by atoms with Gasteiger partial charge in [-0.25, -0.2) is 4.79 Å². The maximum Gasteiger partial charge on any atom is 0.350 e. The Bertz CT molecular complexity index is 1280. The van der Waals surface area contributed by atoms with E-state index in [9.17, 15) is 35.1 Å². The van der Waals surface area contributed by atoms with Crippen molar-refractivity contribution >= 4 is 11.9 Å². The molecule has 13 unspecified atom stereocenters. The van der Waals surface area contributed by atoms with E-state index in [1.807, 2.05) is 13.8 Å². The van der Waals surface area contributed by atoms with Crippen LogP contribution in [0.4, 0.5) is 0 Å². The molecule has 5 N–H and O–H groups in total. The van der Waals surface area contributed by atoms with E-state index < -0.39 is 76.1 Å². The summed E-state index contributed by atoms with van der Waals surface area (Å²) in [4.78, 5) is 25.3. The highest BCUT2D eigenvalue weighted by atomic mass is 16.6. The summed E-state index contributed by atoms with van der Waals surface area (Å²) >= 11 is 0. The van der Waals surface area contributed by atoms with Crippen LogP contribution in [0.15, 0.2) is 11.6 Å². The van der Waals surface area contributed by atoms with Gasteiger partial charge in [0.1, 0.15) is 12.2 Å². The van der Waals surface area contributed by atoms with Crippen LogP contribution in [-0.2, 0) is 19.1 Å². The van der Waals surface area contributed by atoms with E-state index >= 15 is 0 Å². The molecule has 0 heterocycles. The van der Waals surface area contributed by atoms with Gasteiger partial charge in [-0.05, 0) is 85.9 Å². The molecular weight excluding hydrogens is 588 g/mol. The third-order valence-electron chi connectivity index (χ3n) is 15.2. The van der Waals surface area contributed by atoms with Crippen molar-refractivity contribution in [1.82, 2.24) is 0 Å². The summed E-state index contributed by atoms with van der Waals surface area (Å²) in [5, 5.41) is 58.9. The molecule has 0 aromatic heterocycles. The lowest BCUT2D eigenvalue weighted by Crippen LogP contribution is -2.76. The number of rotatable bonds is 5. The van der Waals surface area contributed by atoms with Crippen LogP contribution in [0.1, 0.15) is 114 Å². The molecule has 0 radical (unpaired) electrons. The van der Waals surface area contributed by atoms with Crippen molar-refractivity contribution in [1.29, 1.82) is 0 Å². The van der Waals surface area contributed by atoms with Gasteiger partial charge in [0, 0.05) is 17.8 Å². The summed E-state index contributed by atoms with van der Waals surface area (Å²) in [6.07, 6.45) is 1.09. The zero-order chi connectivity index (χ0) is 34.6. The van der Waals surface area contributed by atoms with Crippen molar-refractivity contribution in [3.05, 3.63) is 11.6 Å². The first-order valence-corrected chi connectivity index (χ1v) is 17.5. The topological polar surface area (TPSA) is 154 Å². The smallest absolute Gasteiger partial charge is 0.350 e. The van der Waals surface area contributed by atoms with Gasteiger partial charge in [0.15, 0.2) is 0 Å².